The first-order chi connectivity index (χ1) is 7.43. The molecule has 0 atom stereocenters. The van der Waals surface area contributed by atoms with E-state index >= 15 is 0 Å². The van der Waals surface area contributed by atoms with Crippen molar-refractivity contribution in [3.05, 3.63) is 48.9 Å². The molecule has 3 nitrogen and oxygen atoms in total. The van der Waals surface area contributed by atoms with Gasteiger partial charge in [0.2, 0.25) is 0 Å². The van der Waals surface area contributed by atoms with Crippen molar-refractivity contribution < 1.29 is 0 Å². The summed E-state index contributed by atoms with van der Waals surface area (Å²) in [7, 11) is 0. The Balaban J connectivity index is 2.22. The molecule has 72 valence electrons. The summed E-state index contributed by atoms with van der Waals surface area (Å²) in [6.45, 7) is 0. The summed E-state index contributed by atoms with van der Waals surface area (Å²) >= 11 is 0. The van der Waals surface area contributed by atoms with Gasteiger partial charge in [-0.1, -0.05) is 24.3 Å². The monoisotopic (exact) mass is 195 g/mol. The zero-order valence-corrected chi connectivity index (χ0v) is 8.01. The van der Waals surface area contributed by atoms with Crippen LogP contribution < -0.4 is 0 Å². The van der Waals surface area contributed by atoms with E-state index in [1.807, 2.05) is 24.3 Å². The normalized spacial score (nSPS) is 10.7. The predicted molar refractivity (Wildman–Crippen MR) is 59.3 cm³/mol. The van der Waals surface area contributed by atoms with E-state index in [-0.39, 0.29) is 0 Å². The number of hydrogen-bond donors (Lipinski definition) is 1. The molecular formula is C12H9N3. The third-order valence-electron chi connectivity index (χ3n) is 2.37. The smallest absolute Gasteiger partial charge is 0.0924 e. The van der Waals surface area contributed by atoms with Gasteiger partial charge in [-0.3, -0.25) is 0 Å². The summed E-state index contributed by atoms with van der Waals surface area (Å²) in [5.41, 5.74) is 2.87. The molecule has 0 spiro atoms. The summed E-state index contributed by atoms with van der Waals surface area (Å²) < 4.78 is 0. The zero-order chi connectivity index (χ0) is 10.1. The number of nitrogens with zero attached hydrogens (tertiary/aromatic N) is 2. The van der Waals surface area contributed by atoms with Gasteiger partial charge in [0.15, 0.2) is 0 Å². The van der Waals surface area contributed by atoms with Crippen LogP contribution >= 0.6 is 0 Å². The van der Waals surface area contributed by atoms with Crippen molar-refractivity contribution in [1.82, 2.24) is 15.0 Å². The summed E-state index contributed by atoms with van der Waals surface area (Å²) in [4.78, 5) is 11.6. The fourth-order valence-corrected chi connectivity index (χ4v) is 1.61. The lowest BCUT2D eigenvalue weighted by atomic mass is 10.2. The molecule has 0 saturated heterocycles. The molecule has 0 aliphatic heterocycles. The van der Waals surface area contributed by atoms with Gasteiger partial charge in [-0.25, -0.2) is 9.97 Å². The first-order valence-corrected chi connectivity index (χ1v) is 4.78. The molecule has 2 aromatic heterocycles. The van der Waals surface area contributed by atoms with Crippen LogP contribution in [0.15, 0.2) is 48.9 Å². The Morgan fingerprint density at radius 3 is 2.80 bits per heavy atom. The number of hydrogen-bond acceptors (Lipinski definition) is 2. The highest BCUT2D eigenvalue weighted by molar-refractivity contribution is 5.80. The molecule has 0 amide bonds. The number of aromatic nitrogens is 3. The minimum atomic E-state index is 0.922. The number of aromatic amines is 1. The number of fused-ring (bicyclic) bond motifs is 1. The third kappa shape index (κ3) is 1.38. The Labute approximate surface area is 86.8 Å². The van der Waals surface area contributed by atoms with Gasteiger partial charge in [0.1, 0.15) is 0 Å². The van der Waals surface area contributed by atoms with Crippen molar-refractivity contribution in [2.45, 2.75) is 0 Å². The quantitative estimate of drug-likeness (QED) is 0.648. The van der Waals surface area contributed by atoms with Gasteiger partial charge in [-0.15, -0.1) is 0 Å². The highest BCUT2D eigenvalue weighted by atomic mass is 14.9. The van der Waals surface area contributed by atoms with Crippen LogP contribution in [-0.2, 0) is 0 Å². The topological polar surface area (TPSA) is 41.6 Å². The van der Waals surface area contributed by atoms with Crippen LogP contribution in [0.4, 0.5) is 0 Å². The molecule has 0 bridgehead atoms. The fraction of sp³-hybridized carbons (Fsp3) is 0. The standard InChI is InChI=1S/C12H9N3/c1-2-4-10-9(3-1)5-6-11(15-10)12-7-13-8-14-12/h1-8H,(H,13,14). The molecule has 3 aromatic rings. The summed E-state index contributed by atoms with van der Waals surface area (Å²) in [6, 6.07) is 12.1. The van der Waals surface area contributed by atoms with Crippen molar-refractivity contribution in [2.24, 2.45) is 0 Å². The fourth-order valence-electron chi connectivity index (χ4n) is 1.61. The van der Waals surface area contributed by atoms with E-state index in [9.17, 15) is 0 Å². The van der Waals surface area contributed by atoms with Crippen molar-refractivity contribution in [1.29, 1.82) is 0 Å². The maximum Gasteiger partial charge on any atom is 0.0924 e. The SMILES string of the molecule is c1ccc2nc(-c3cnc[nH]3)ccc2c1. The molecular weight excluding hydrogens is 186 g/mol. The second-order valence-corrected chi connectivity index (χ2v) is 3.35. The molecule has 0 fully saturated rings. The summed E-state index contributed by atoms with van der Waals surface area (Å²) in [5.74, 6) is 0. The largest absolute Gasteiger partial charge is 0.343 e. The van der Waals surface area contributed by atoms with E-state index in [1.165, 1.54) is 0 Å². The summed E-state index contributed by atoms with van der Waals surface area (Å²) in [6.07, 6.45) is 3.43. The van der Waals surface area contributed by atoms with Crippen LogP contribution in [0.2, 0.25) is 0 Å². The lowest BCUT2D eigenvalue weighted by molar-refractivity contribution is 1.30. The molecule has 1 N–H and O–H groups in total. The molecule has 0 radical (unpaired) electrons. The molecule has 0 aliphatic carbocycles. The average molecular weight is 195 g/mol. The van der Waals surface area contributed by atoms with E-state index in [1.54, 1.807) is 12.5 Å². The number of imidazole rings is 1. The molecule has 0 unspecified atom stereocenters. The van der Waals surface area contributed by atoms with Crippen LogP contribution in [0.5, 0.6) is 0 Å². The molecule has 0 aliphatic rings. The maximum atomic E-state index is 4.55. The van der Waals surface area contributed by atoms with Crippen LogP contribution in [0.1, 0.15) is 0 Å². The Morgan fingerprint density at radius 1 is 1.00 bits per heavy atom. The summed E-state index contributed by atoms with van der Waals surface area (Å²) in [5, 5.41) is 1.15. The van der Waals surface area contributed by atoms with E-state index < -0.39 is 0 Å². The minimum absolute atomic E-state index is 0.922. The van der Waals surface area contributed by atoms with Gasteiger partial charge in [0, 0.05) is 5.39 Å². The molecule has 3 heteroatoms. The van der Waals surface area contributed by atoms with Crippen LogP contribution in [0, 0.1) is 0 Å². The number of rotatable bonds is 1. The number of pyridine rings is 1. The van der Waals surface area contributed by atoms with Gasteiger partial charge in [0.05, 0.1) is 29.4 Å². The lowest BCUT2D eigenvalue weighted by Crippen LogP contribution is -1.84. The first kappa shape index (κ1) is 8.17. The Kier molecular flexibility index (Phi) is 1.75. The van der Waals surface area contributed by atoms with Crippen molar-refractivity contribution >= 4 is 10.9 Å². The number of nitrogens with one attached hydrogen (secondary N) is 1. The highest BCUT2D eigenvalue weighted by Gasteiger charge is 2.01. The van der Waals surface area contributed by atoms with Crippen LogP contribution in [0.25, 0.3) is 22.3 Å². The first-order valence-electron chi connectivity index (χ1n) is 4.78. The van der Waals surface area contributed by atoms with E-state index in [0.717, 1.165) is 22.3 Å². The average Bonchev–Trinajstić information content (AvgIpc) is 2.82. The number of H-pyrrole nitrogens is 1. The Morgan fingerprint density at radius 2 is 1.93 bits per heavy atom. The van der Waals surface area contributed by atoms with E-state index in [0.29, 0.717) is 0 Å². The Hall–Kier alpha value is -2.16. The van der Waals surface area contributed by atoms with Crippen molar-refractivity contribution in [2.75, 3.05) is 0 Å². The van der Waals surface area contributed by atoms with E-state index in [2.05, 4.69) is 27.1 Å². The van der Waals surface area contributed by atoms with Crippen LogP contribution in [-0.4, -0.2) is 15.0 Å². The maximum absolute atomic E-state index is 4.55. The van der Waals surface area contributed by atoms with Gasteiger partial charge in [-0.2, -0.15) is 0 Å². The predicted octanol–water partition coefficient (Wildman–Crippen LogP) is 2.62. The van der Waals surface area contributed by atoms with Crippen LogP contribution in [0.3, 0.4) is 0 Å². The van der Waals surface area contributed by atoms with E-state index in [4.69, 9.17) is 0 Å². The lowest BCUT2D eigenvalue weighted by Gasteiger charge is -1.99. The molecule has 1 aromatic carbocycles. The number of para-hydroxylation sites is 1. The van der Waals surface area contributed by atoms with Crippen molar-refractivity contribution in [3.8, 4) is 11.4 Å². The molecule has 0 saturated carbocycles. The minimum Gasteiger partial charge on any atom is -0.343 e. The molecule has 3 rings (SSSR count). The zero-order valence-electron chi connectivity index (χ0n) is 8.01. The molecule has 2 heterocycles. The second-order valence-electron chi connectivity index (χ2n) is 3.35. The van der Waals surface area contributed by atoms with Gasteiger partial charge in [-0.05, 0) is 12.1 Å². The van der Waals surface area contributed by atoms with Gasteiger partial charge in [0.25, 0.3) is 0 Å². The third-order valence-corrected chi connectivity index (χ3v) is 2.37. The van der Waals surface area contributed by atoms with Gasteiger partial charge < -0.3 is 4.98 Å². The highest BCUT2D eigenvalue weighted by Crippen LogP contribution is 2.18. The second kappa shape index (κ2) is 3.20. The Bertz CT molecular complexity index is 585. The molecule has 15 heavy (non-hydrogen) atoms. The van der Waals surface area contributed by atoms with Gasteiger partial charge >= 0.3 is 0 Å². The van der Waals surface area contributed by atoms with Crippen molar-refractivity contribution in [3.63, 3.8) is 0 Å². The number of benzene rings is 1.